The van der Waals surface area contributed by atoms with E-state index in [2.05, 4.69) is 0 Å². The van der Waals surface area contributed by atoms with Gasteiger partial charge in [-0.15, -0.1) is 0 Å². The van der Waals surface area contributed by atoms with E-state index in [1.165, 1.54) is 6.07 Å². The van der Waals surface area contributed by atoms with Gasteiger partial charge >= 0.3 is 6.09 Å². The lowest BCUT2D eigenvalue weighted by molar-refractivity contribution is -0.116. The number of carbonyl (C=O) groups is 3. The number of nitrogens with zero attached hydrogens (tertiary/aromatic N) is 2. The first-order valence-electron chi connectivity index (χ1n) is 12.3. The highest BCUT2D eigenvalue weighted by molar-refractivity contribution is 6.31. The molecule has 36 heavy (non-hydrogen) atoms. The summed E-state index contributed by atoms with van der Waals surface area (Å²) in [5.74, 6) is 0.0850. The Balaban J connectivity index is 1.80. The number of phenolic OH excluding ortho intramolecular Hbond substituents is 1. The van der Waals surface area contributed by atoms with Crippen LogP contribution in [0.15, 0.2) is 30.3 Å². The SMILES string of the molecule is CC(=O)N1CCc2cc(-c3cc(CCN(CCCCC=O)C(=O)OC(C)(C)C)c(Cl)cc3O)ccc21. The van der Waals surface area contributed by atoms with Gasteiger partial charge in [-0.25, -0.2) is 4.79 Å². The van der Waals surface area contributed by atoms with E-state index in [0.29, 0.717) is 55.9 Å². The number of amides is 2. The average Bonchev–Trinajstić information content (AvgIpc) is 3.22. The second kappa shape index (κ2) is 11.8. The number of unbranched alkanes of at least 4 members (excludes halogenated alkanes) is 2. The van der Waals surface area contributed by atoms with Crippen LogP contribution in [0.4, 0.5) is 10.5 Å². The van der Waals surface area contributed by atoms with Crippen molar-refractivity contribution in [2.45, 2.75) is 65.4 Å². The van der Waals surface area contributed by atoms with Crippen molar-refractivity contribution in [3.05, 3.63) is 46.5 Å². The van der Waals surface area contributed by atoms with Crippen molar-refractivity contribution in [2.75, 3.05) is 24.5 Å². The van der Waals surface area contributed by atoms with Crippen molar-refractivity contribution in [2.24, 2.45) is 0 Å². The van der Waals surface area contributed by atoms with Crippen LogP contribution in [0.25, 0.3) is 11.1 Å². The molecule has 2 aromatic carbocycles. The molecule has 0 fully saturated rings. The minimum absolute atomic E-state index is 0.0128. The van der Waals surface area contributed by atoms with Crippen molar-refractivity contribution in [3.63, 3.8) is 0 Å². The smallest absolute Gasteiger partial charge is 0.410 e. The van der Waals surface area contributed by atoms with Crippen LogP contribution in [-0.4, -0.2) is 53.5 Å². The molecule has 3 rings (SSSR count). The van der Waals surface area contributed by atoms with Crippen molar-refractivity contribution in [3.8, 4) is 16.9 Å². The molecule has 1 N–H and O–H groups in total. The van der Waals surface area contributed by atoms with Crippen molar-refractivity contribution in [1.29, 1.82) is 0 Å². The Morgan fingerprint density at radius 3 is 2.58 bits per heavy atom. The molecule has 0 atom stereocenters. The zero-order chi connectivity index (χ0) is 26.5. The van der Waals surface area contributed by atoms with E-state index in [9.17, 15) is 19.5 Å². The number of halogens is 1. The summed E-state index contributed by atoms with van der Waals surface area (Å²) >= 11 is 6.47. The van der Waals surface area contributed by atoms with Gasteiger partial charge in [-0.3, -0.25) is 4.79 Å². The number of anilines is 1. The Morgan fingerprint density at radius 1 is 1.17 bits per heavy atom. The van der Waals surface area contributed by atoms with Gasteiger partial charge in [0, 0.05) is 49.3 Å². The Labute approximate surface area is 218 Å². The molecule has 2 amide bonds. The number of fused-ring (bicyclic) bond motifs is 1. The first kappa shape index (κ1) is 27.5. The summed E-state index contributed by atoms with van der Waals surface area (Å²) in [6, 6.07) is 9.20. The fourth-order valence-electron chi connectivity index (χ4n) is 4.33. The lowest BCUT2D eigenvalue weighted by Crippen LogP contribution is -2.38. The van der Waals surface area contributed by atoms with E-state index in [1.807, 2.05) is 45.0 Å². The predicted molar refractivity (Wildman–Crippen MR) is 142 cm³/mol. The molecule has 0 spiro atoms. The molecule has 0 aliphatic carbocycles. The van der Waals surface area contributed by atoms with Crippen LogP contribution in [0.5, 0.6) is 5.75 Å². The second-order valence-corrected chi connectivity index (χ2v) is 10.5. The van der Waals surface area contributed by atoms with Crippen molar-refractivity contribution < 1.29 is 24.2 Å². The lowest BCUT2D eigenvalue weighted by Gasteiger charge is -2.27. The summed E-state index contributed by atoms with van der Waals surface area (Å²) in [7, 11) is 0. The predicted octanol–water partition coefficient (Wildman–Crippen LogP) is 5.77. The zero-order valence-electron chi connectivity index (χ0n) is 21.5. The van der Waals surface area contributed by atoms with Crippen LogP contribution in [-0.2, 0) is 27.2 Å². The molecule has 2 aromatic rings. The fourth-order valence-corrected chi connectivity index (χ4v) is 4.59. The largest absolute Gasteiger partial charge is 0.507 e. The number of aromatic hydroxyl groups is 1. The zero-order valence-corrected chi connectivity index (χ0v) is 22.2. The van der Waals surface area contributed by atoms with Crippen LogP contribution in [0.2, 0.25) is 5.02 Å². The first-order valence-corrected chi connectivity index (χ1v) is 12.7. The minimum atomic E-state index is -0.618. The highest BCUT2D eigenvalue weighted by atomic mass is 35.5. The van der Waals surface area contributed by atoms with E-state index in [0.717, 1.165) is 35.1 Å². The van der Waals surface area contributed by atoms with Crippen LogP contribution in [0.1, 0.15) is 58.1 Å². The molecule has 1 heterocycles. The number of hydrogen-bond acceptors (Lipinski definition) is 5. The van der Waals surface area contributed by atoms with Crippen LogP contribution >= 0.6 is 11.6 Å². The van der Waals surface area contributed by atoms with Gasteiger partial charge in [0.15, 0.2) is 0 Å². The quantitative estimate of drug-likeness (QED) is 0.339. The molecule has 0 aromatic heterocycles. The standard InChI is InChI=1S/C28H35ClN2O5/c1-19(33)31-14-11-22-16-20(8-9-25(22)31)23-17-21(24(29)18-26(23)34)10-13-30(12-6-5-7-15-32)27(35)36-28(2,3)4/h8-9,15-18,34H,5-7,10-14H2,1-4H3. The van der Waals surface area contributed by atoms with Crippen LogP contribution in [0.3, 0.4) is 0 Å². The number of phenols is 1. The Bertz CT molecular complexity index is 1130. The molecular weight excluding hydrogens is 480 g/mol. The number of hydrogen-bond donors (Lipinski definition) is 1. The summed E-state index contributed by atoms with van der Waals surface area (Å²) in [5.41, 5.74) is 3.64. The van der Waals surface area contributed by atoms with E-state index in [4.69, 9.17) is 16.3 Å². The summed E-state index contributed by atoms with van der Waals surface area (Å²) in [4.78, 5) is 38.7. The molecule has 194 valence electrons. The average molecular weight is 515 g/mol. The second-order valence-electron chi connectivity index (χ2n) is 10.1. The fraction of sp³-hybridized carbons (Fsp3) is 0.464. The normalized spacial score (nSPS) is 12.9. The van der Waals surface area contributed by atoms with Crippen molar-refractivity contribution in [1.82, 2.24) is 4.90 Å². The summed E-state index contributed by atoms with van der Waals surface area (Å²) in [6.07, 6.45) is 3.57. The van der Waals surface area contributed by atoms with Gasteiger partial charge < -0.3 is 24.4 Å². The number of aldehydes is 1. The maximum Gasteiger partial charge on any atom is 0.410 e. The first-order chi connectivity index (χ1) is 17.0. The third-order valence-corrected chi connectivity index (χ3v) is 6.49. The summed E-state index contributed by atoms with van der Waals surface area (Å²) < 4.78 is 5.57. The number of benzene rings is 2. The molecule has 1 aliphatic heterocycles. The maximum atomic E-state index is 12.8. The summed E-state index contributed by atoms with van der Waals surface area (Å²) in [5, 5.41) is 11.1. The number of carbonyl (C=O) groups excluding carboxylic acids is 3. The number of ether oxygens (including phenoxy) is 1. The molecule has 0 saturated carbocycles. The molecule has 0 saturated heterocycles. The maximum absolute atomic E-state index is 12.8. The molecule has 0 bridgehead atoms. The van der Waals surface area contributed by atoms with Crippen LogP contribution in [0, 0.1) is 0 Å². The Morgan fingerprint density at radius 2 is 1.92 bits per heavy atom. The molecule has 7 nitrogen and oxygen atoms in total. The minimum Gasteiger partial charge on any atom is -0.507 e. The monoisotopic (exact) mass is 514 g/mol. The van der Waals surface area contributed by atoms with E-state index >= 15 is 0 Å². The highest BCUT2D eigenvalue weighted by Crippen LogP contribution is 2.38. The molecule has 0 unspecified atom stereocenters. The van der Waals surface area contributed by atoms with E-state index in [-0.39, 0.29) is 11.7 Å². The van der Waals surface area contributed by atoms with E-state index < -0.39 is 11.7 Å². The molecular formula is C28H35ClN2O5. The third kappa shape index (κ3) is 7.00. The Kier molecular flexibility index (Phi) is 9.01. The topological polar surface area (TPSA) is 87.2 Å². The van der Waals surface area contributed by atoms with Gasteiger partial charge in [0.1, 0.15) is 17.6 Å². The lowest BCUT2D eigenvalue weighted by atomic mass is 9.98. The Hall–Kier alpha value is -3.06. The van der Waals surface area contributed by atoms with Gasteiger partial charge in [-0.1, -0.05) is 17.7 Å². The molecule has 0 radical (unpaired) electrons. The van der Waals surface area contributed by atoms with Crippen LogP contribution < -0.4 is 4.90 Å². The van der Waals surface area contributed by atoms with E-state index in [1.54, 1.807) is 16.7 Å². The van der Waals surface area contributed by atoms with Gasteiger partial charge in [0.25, 0.3) is 0 Å². The highest BCUT2D eigenvalue weighted by Gasteiger charge is 2.24. The van der Waals surface area contributed by atoms with Crippen molar-refractivity contribution >= 4 is 35.6 Å². The molecule has 8 heteroatoms. The number of rotatable bonds is 9. The van der Waals surface area contributed by atoms with Gasteiger partial charge in [0.2, 0.25) is 5.91 Å². The van der Waals surface area contributed by atoms with Gasteiger partial charge in [-0.05, 0) is 87.4 Å². The van der Waals surface area contributed by atoms with Gasteiger partial charge in [-0.2, -0.15) is 0 Å². The van der Waals surface area contributed by atoms with Gasteiger partial charge in [0.05, 0.1) is 0 Å². The molecule has 1 aliphatic rings. The third-order valence-electron chi connectivity index (χ3n) is 6.13. The summed E-state index contributed by atoms with van der Waals surface area (Å²) in [6.45, 7) is 8.55.